The fraction of sp³-hybridized carbons (Fsp3) is 0.739. The molecule has 0 spiro atoms. The van der Waals surface area contributed by atoms with Gasteiger partial charge in [0.25, 0.3) is 0 Å². The van der Waals surface area contributed by atoms with Crippen molar-refractivity contribution in [3.05, 3.63) is 24.3 Å². The van der Waals surface area contributed by atoms with E-state index in [1.165, 1.54) is 13.3 Å². The molecule has 0 aliphatic heterocycles. The van der Waals surface area contributed by atoms with Crippen LogP contribution in [0, 0.1) is 34.5 Å². The fourth-order valence-electron chi connectivity index (χ4n) is 7.40. The molecule has 2 unspecified atom stereocenters. The molecule has 142 valence electrons. The second-order valence-electron chi connectivity index (χ2n) is 9.74. The van der Waals surface area contributed by atoms with Crippen LogP contribution in [0.25, 0.3) is 0 Å². The van der Waals surface area contributed by atoms with Gasteiger partial charge in [0.05, 0.1) is 0 Å². The van der Waals surface area contributed by atoms with Gasteiger partial charge in [-0.2, -0.15) is 0 Å². The number of carbonyl (C=O) groups is 2. The number of fused-ring (bicyclic) bond motifs is 5. The van der Waals surface area contributed by atoms with E-state index in [0.717, 1.165) is 37.7 Å². The number of hydrogen-bond acceptors (Lipinski definition) is 3. The molecule has 0 bridgehead atoms. The maximum atomic E-state index is 12.3. The van der Waals surface area contributed by atoms with Crippen LogP contribution in [0.3, 0.4) is 0 Å². The van der Waals surface area contributed by atoms with E-state index in [1.54, 1.807) is 0 Å². The van der Waals surface area contributed by atoms with E-state index in [9.17, 15) is 9.59 Å². The molecular formula is C23H32O3. The Morgan fingerprint density at radius 2 is 1.81 bits per heavy atom. The third kappa shape index (κ3) is 2.25. The van der Waals surface area contributed by atoms with Crippen LogP contribution in [-0.2, 0) is 14.3 Å². The van der Waals surface area contributed by atoms with Gasteiger partial charge in [-0.05, 0) is 73.2 Å². The lowest BCUT2D eigenvalue weighted by Crippen LogP contribution is -2.55. The normalized spacial score (nSPS) is 47.8. The highest BCUT2D eigenvalue weighted by atomic mass is 16.5. The van der Waals surface area contributed by atoms with E-state index >= 15 is 0 Å². The van der Waals surface area contributed by atoms with Gasteiger partial charge in [0, 0.05) is 24.3 Å². The quantitative estimate of drug-likeness (QED) is 0.498. The molecule has 0 aromatic heterocycles. The Morgan fingerprint density at radius 1 is 1.08 bits per heavy atom. The lowest BCUT2D eigenvalue weighted by Gasteiger charge is -2.60. The molecule has 4 rings (SSSR count). The number of Topliss-reactive ketones (excluding diaryl/α,β-unsaturated/α-hetero) is 1. The molecular weight excluding hydrogens is 324 g/mol. The maximum Gasteiger partial charge on any atom is 0.302 e. The van der Waals surface area contributed by atoms with Gasteiger partial charge in [0.15, 0.2) is 5.78 Å². The first-order chi connectivity index (χ1) is 12.2. The Labute approximate surface area is 157 Å². The first-order valence-electron chi connectivity index (χ1n) is 10.3. The van der Waals surface area contributed by atoms with Gasteiger partial charge in [0.2, 0.25) is 0 Å². The fourth-order valence-corrected chi connectivity index (χ4v) is 7.40. The first kappa shape index (κ1) is 18.0. The van der Waals surface area contributed by atoms with Crippen LogP contribution in [0.15, 0.2) is 24.3 Å². The molecule has 0 aromatic rings. The van der Waals surface area contributed by atoms with Crippen molar-refractivity contribution in [2.45, 2.75) is 71.8 Å². The molecule has 0 amide bonds. The highest BCUT2D eigenvalue weighted by molar-refractivity contribution is 6.00. The maximum absolute atomic E-state index is 12.3. The molecule has 4 fully saturated rings. The summed E-state index contributed by atoms with van der Waals surface area (Å²) in [5.74, 6) is 2.31. The molecule has 0 heterocycles. The van der Waals surface area contributed by atoms with Gasteiger partial charge in [-0.3, -0.25) is 9.59 Å². The number of ether oxygens (including phenoxy) is 1. The average Bonchev–Trinajstić information content (AvgIpc) is 2.91. The van der Waals surface area contributed by atoms with Crippen molar-refractivity contribution in [1.82, 2.24) is 0 Å². The second kappa shape index (κ2) is 5.81. The standard InChI is InChI=1S/C23H32O3/c1-13-14(2)23(5)16(12-20(13)25)6-7-17-18-8-9-21(26-15(3)24)22(18,4)11-10-19(17)23/h16-19,21H,1-2,6-12H2,3-5H3/t16?,17-,18-,19+,21?,22-,23-/m0/s1. The summed E-state index contributed by atoms with van der Waals surface area (Å²) in [5.41, 5.74) is 1.79. The van der Waals surface area contributed by atoms with Gasteiger partial charge in [0.1, 0.15) is 6.10 Å². The van der Waals surface area contributed by atoms with Crippen molar-refractivity contribution in [2.75, 3.05) is 0 Å². The topological polar surface area (TPSA) is 43.4 Å². The van der Waals surface area contributed by atoms with Gasteiger partial charge in [-0.25, -0.2) is 0 Å². The van der Waals surface area contributed by atoms with Gasteiger partial charge in [-0.1, -0.05) is 27.0 Å². The molecule has 3 heteroatoms. The van der Waals surface area contributed by atoms with E-state index < -0.39 is 0 Å². The largest absolute Gasteiger partial charge is 0.462 e. The summed E-state index contributed by atoms with van der Waals surface area (Å²) in [6.45, 7) is 14.7. The van der Waals surface area contributed by atoms with Gasteiger partial charge in [-0.15, -0.1) is 0 Å². The molecule has 3 nitrogen and oxygen atoms in total. The molecule has 4 aliphatic carbocycles. The molecule has 0 saturated heterocycles. The zero-order valence-corrected chi connectivity index (χ0v) is 16.5. The third-order valence-electron chi connectivity index (χ3n) is 8.91. The summed E-state index contributed by atoms with van der Waals surface area (Å²) in [4.78, 5) is 23.9. The number of carbonyl (C=O) groups excluding carboxylic acids is 2. The van der Waals surface area contributed by atoms with Gasteiger partial charge < -0.3 is 4.74 Å². The predicted molar refractivity (Wildman–Crippen MR) is 101 cm³/mol. The van der Waals surface area contributed by atoms with Crippen molar-refractivity contribution < 1.29 is 14.3 Å². The molecule has 0 aromatic carbocycles. The van der Waals surface area contributed by atoms with Crippen LogP contribution in [0.1, 0.15) is 65.7 Å². The Balaban J connectivity index is 1.65. The SMILES string of the molecule is C=C1C(=C)[C@@]2(C)C(CC[C@@H]3[C@H]2CC[C@]2(C)C(OC(C)=O)CC[C@@H]32)CC1=O. The van der Waals surface area contributed by atoms with Crippen LogP contribution >= 0.6 is 0 Å². The predicted octanol–water partition coefficient (Wildman–Crippen LogP) is 4.86. The minimum Gasteiger partial charge on any atom is -0.462 e. The van der Waals surface area contributed by atoms with Crippen molar-refractivity contribution in [3.63, 3.8) is 0 Å². The Morgan fingerprint density at radius 3 is 2.50 bits per heavy atom. The first-order valence-corrected chi connectivity index (χ1v) is 10.3. The van der Waals surface area contributed by atoms with Crippen molar-refractivity contribution in [1.29, 1.82) is 0 Å². The summed E-state index contributed by atoms with van der Waals surface area (Å²) in [7, 11) is 0. The summed E-state index contributed by atoms with van der Waals surface area (Å²) in [6, 6.07) is 0. The van der Waals surface area contributed by atoms with Crippen LogP contribution in [0.4, 0.5) is 0 Å². The molecule has 26 heavy (non-hydrogen) atoms. The number of allylic oxidation sites excluding steroid dienone is 2. The third-order valence-corrected chi connectivity index (χ3v) is 8.91. The summed E-state index contributed by atoms with van der Waals surface area (Å²) >= 11 is 0. The van der Waals surface area contributed by atoms with Crippen LogP contribution in [0.5, 0.6) is 0 Å². The Kier molecular flexibility index (Phi) is 4.02. The van der Waals surface area contributed by atoms with Crippen LogP contribution in [0.2, 0.25) is 0 Å². The zero-order chi connectivity index (χ0) is 18.9. The van der Waals surface area contributed by atoms with E-state index in [2.05, 4.69) is 27.0 Å². The highest BCUT2D eigenvalue weighted by Gasteiger charge is 2.62. The van der Waals surface area contributed by atoms with Crippen molar-refractivity contribution in [3.8, 4) is 0 Å². The van der Waals surface area contributed by atoms with E-state index in [1.807, 2.05) is 0 Å². The van der Waals surface area contributed by atoms with Crippen LogP contribution in [-0.4, -0.2) is 17.9 Å². The van der Waals surface area contributed by atoms with E-state index in [-0.39, 0.29) is 28.7 Å². The smallest absolute Gasteiger partial charge is 0.302 e. The highest BCUT2D eigenvalue weighted by Crippen LogP contribution is 2.67. The van der Waals surface area contributed by atoms with E-state index in [0.29, 0.717) is 35.7 Å². The average molecular weight is 357 g/mol. The lowest BCUT2D eigenvalue weighted by atomic mass is 9.44. The molecule has 0 N–H and O–H groups in total. The van der Waals surface area contributed by atoms with Crippen molar-refractivity contribution >= 4 is 11.8 Å². The molecule has 4 aliphatic rings. The minimum absolute atomic E-state index is 0.00869. The molecule has 4 saturated carbocycles. The number of ketones is 1. The summed E-state index contributed by atoms with van der Waals surface area (Å²) < 4.78 is 5.73. The number of rotatable bonds is 1. The van der Waals surface area contributed by atoms with Crippen molar-refractivity contribution in [2.24, 2.45) is 34.5 Å². The van der Waals surface area contributed by atoms with Crippen LogP contribution < -0.4 is 0 Å². The molecule has 7 atom stereocenters. The molecule has 0 radical (unpaired) electrons. The second-order valence-corrected chi connectivity index (χ2v) is 9.74. The number of esters is 1. The lowest BCUT2D eigenvalue weighted by molar-refractivity contribution is -0.158. The monoisotopic (exact) mass is 356 g/mol. The minimum atomic E-state index is -0.148. The van der Waals surface area contributed by atoms with E-state index in [4.69, 9.17) is 4.74 Å². The number of hydrogen-bond donors (Lipinski definition) is 0. The zero-order valence-electron chi connectivity index (χ0n) is 16.5. The summed E-state index contributed by atoms with van der Waals surface area (Å²) in [6.07, 6.45) is 7.43. The Hall–Kier alpha value is -1.38. The summed E-state index contributed by atoms with van der Waals surface area (Å²) in [5, 5.41) is 0. The Bertz CT molecular complexity index is 692. The van der Waals surface area contributed by atoms with Gasteiger partial charge >= 0.3 is 5.97 Å².